The molecular formula is C50H31N3OS. The molecule has 0 fully saturated rings. The van der Waals surface area contributed by atoms with Gasteiger partial charge >= 0.3 is 0 Å². The van der Waals surface area contributed by atoms with Crippen molar-refractivity contribution in [3.63, 3.8) is 0 Å². The summed E-state index contributed by atoms with van der Waals surface area (Å²) in [5, 5.41) is 5.56. The first-order valence-electron chi connectivity index (χ1n) is 18.4. The summed E-state index contributed by atoms with van der Waals surface area (Å²) in [6, 6.07) is 65.9. The van der Waals surface area contributed by atoms with Crippen molar-refractivity contribution in [1.29, 1.82) is 0 Å². The highest BCUT2D eigenvalue weighted by Crippen LogP contribution is 2.44. The number of hydrogen-bond donors (Lipinski definition) is 0. The van der Waals surface area contributed by atoms with Gasteiger partial charge in [-0.15, -0.1) is 11.3 Å². The summed E-state index contributed by atoms with van der Waals surface area (Å²) in [7, 11) is 0. The fourth-order valence-electron chi connectivity index (χ4n) is 7.92. The summed E-state index contributed by atoms with van der Waals surface area (Å²) in [4.78, 5) is 13.0. The molecule has 4 nitrogen and oxygen atoms in total. The molecule has 0 radical (unpaired) electrons. The van der Waals surface area contributed by atoms with Crippen LogP contribution in [0.25, 0.3) is 86.8 Å². The predicted molar refractivity (Wildman–Crippen MR) is 231 cm³/mol. The normalized spacial score (nSPS) is 11.6. The van der Waals surface area contributed by atoms with E-state index in [0.717, 1.165) is 82.6 Å². The fraction of sp³-hybridized carbons (Fsp3) is 0. The van der Waals surface area contributed by atoms with Crippen molar-refractivity contribution < 1.29 is 4.42 Å². The van der Waals surface area contributed by atoms with E-state index < -0.39 is 0 Å². The molecule has 0 aliphatic heterocycles. The number of aromatic nitrogens is 2. The SMILES string of the molecule is c1ccc(N(c2ccccc2)c2ccc(-c3ccc4c(c3)oc3cccc(-c5nc(-c6cccc7ccccc67)c6sc7ccccc7c6n5)c34)cc2)cc1. The largest absolute Gasteiger partial charge is 0.456 e. The van der Waals surface area contributed by atoms with Crippen LogP contribution in [0.4, 0.5) is 17.1 Å². The van der Waals surface area contributed by atoms with E-state index in [2.05, 4.69) is 169 Å². The third-order valence-corrected chi connectivity index (χ3v) is 11.7. The fourth-order valence-corrected chi connectivity index (χ4v) is 9.07. The molecule has 0 unspecified atom stereocenters. The minimum absolute atomic E-state index is 0.688. The molecule has 3 aromatic heterocycles. The van der Waals surface area contributed by atoms with E-state index in [1.165, 1.54) is 15.5 Å². The molecule has 0 saturated carbocycles. The van der Waals surface area contributed by atoms with Gasteiger partial charge in [-0.05, 0) is 82.6 Å². The maximum absolute atomic E-state index is 6.61. The molecule has 0 N–H and O–H groups in total. The Morgan fingerprint density at radius 3 is 1.89 bits per heavy atom. The van der Waals surface area contributed by atoms with Crippen molar-refractivity contribution in [3.05, 3.63) is 188 Å². The Hall–Kier alpha value is -7.08. The van der Waals surface area contributed by atoms with Crippen LogP contribution < -0.4 is 4.90 Å². The van der Waals surface area contributed by atoms with E-state index in [1.807, 2.05) is 24.3 Å². The second kappa shape index (κ2) is 12.8. The molecule has 11 aromatic rings. The Morgan fingerprint density at radius 1 is 0.455 bits per heavy atom. The molecule has 3 heterocycles. The number of nitrogens with zero attached hydrogens (tertiary/aromatic N) is 3. The number of fused-ring (bicyclic) bond motifs is 7. The van der Waals surface area contributed by atoms with Crippen LogP contribution >= 0.6 is 11.3 Å². The smallest absolute Gasteiger partial charge is 0.161 e. The van der Waals surface area contributed by atoms with Crippen LogP contribution in [0.5, 0.6) is 0 Å². The van der Waals surface area contributed by atoms with Gasteiger partial charge in [0.2, 0.25) is 0 Å². The lowest BCUT2D eigenvalue weighted by Crippen LogP contribution is -2.09. The summed E-state index contributed by atoms with van der Waals surface area (Å²) in [5.74, 6) is 0.688. The van der Waals surface area contributed by atoms with Crippen LogP contribution in [-0.2, 0) is 0 Å². The van der Waals surface area contributed by atoms with Gasteiger partial charge in [-0.1, -0.05) is 127 Å². The molecule has 8 aromatic carbocycles. The summed E-state index contributed by atoms with van der Waals surface area (Å²) >= 11 is 1.76. The first kappa shape index (κ1) is 31.4. The molecule has 55 heavy (non-hydrogen) atoms. The van der Waals surface area contributed by atoms with Crippen LogP contribution in [0.3, 0.4) is 0 Å². The molecule has 0 bridgehead atoms. The molecule has 0 saturated heterocycles. The Balaban J connectivity index is 1.04. The third-order valence-electron chi connectivity index (χ3n) is 10.5. The molecule has 0 spiro atoms. The summed E-state index contributed by atoms with van der Waals surface area (Å²) in [6.07, 6.45) is 0. The lowest BCUT2D eigenvalue weighted by Gasteiger charge is -2.25. The predicted octanol–water partition coefficient (Wildman–Crippen LogP) is 14.4. The quantitative estimate of drug-likeness (QED) is 0.171. The van der Waals surface area contributed by atoms with Crippen molar-refractivity contribution in [2.45, 2.75) is 0 Å². The Bertz CT molecular complexity index is 3160. The highest BCUT2D eigenvalue weighted by atomic mass is 32.1. The standard InChI is InChI=1S/C50H31N3OS/c1-3-15-35(16-4-1)53(36-17-5-2-6-18-36)37-28-25-32(26-29-37)34-27-30-40-44(31-34)54-43-23-12-22-42(46(40)43)50-51-47(39-21-11-14-33-13-7-8-19-38(33)39)49-48(52-50)41-20-9-10-24-45(41)55-49/h1-31H. The third kappa shape index (κ3) is 5.28. The molecule has 0 aliphatic rings. The summed E-state index contributed by atoms with van der Waals surface area (Å²) in [6.45, 7) is 0. The van der Waals surface area contributed by atoms with Gasteiger partial charge in [0.25, 0.3) is 0 Å². The first-order chi connectivity index (χ1) is 27.3. The van der Waals surface area contributed by atoms with Crippen LogP contribution in [0, 0.1) is 0 Å². The van der Waals surface area contributed by atoms with E-state index in [0.29, 0.717) is 5.82 Å². The van der Waals surface area contributed by atoms with Crippen LogP contribution in [-0.4, -0.2) is 9.97 Å². The lowest BCUT2D eigenvalue weighted by molar-refractivity contribution is 0.669. The maximum Gasteiger partial charge on any atom is 0.161 e. The van der Waals surface area contributed by atoms with Crippen LogP contribution in [0.1, 0.15) is 0 Å². The Morgan fingerprint density at radius 2 is 1.09 bits per heavy atom. The number of hydrogen-bond acceptors (Lipinski definition) is 5. The zero-order valence-electron chi connectivity index (χ0n) is 29.6. The van der Waals surface area contributed by atoms with Crippen molar-refractivity contribution in [1.82, 2.24) is 9.97 Å². The van der Waals surface area contributed by atoms with E-state index in [9.17, 15) is 0 Å². The van der Waals surface area contributed by atoms with Crippen molar-refractivity contribution in [2.75, 3.05) is 4.90 Å². The molecule has 5 heteroatoms. The van der Waals surface area contributed by atoms with Crippen LogP contribution in [0.2, 0.25) is 0 Å². The zero-order valence-corrected chi connectivity index (χ0v) is 30.4. The van der Waals surface area contributed by atoms with E-state index >= 15 is 0 Å². The van der Waals surface area contributed by atoms with Gasteiger partial charge in [-0.2, -0.15) is 0 Å². The molecule has 0 amide bonds. The minimum atomic E-state index is 0.688. The number of para-hydroxylation sites is 2. The second-order valence-electron chi connectivity index (χ2n) is 13.7. The number of rotatable bonds is 6. The molecule has 11 rings (SSSR count). The topological polar surface area (TPSA) is 42.2 Å². The van der Waals surface area contributed by atoms with Gasteiger partial charge in [-0.25, -0.2) is 9.97 Å². The average molecular weight is 722 g/mol. The lowest BCUT2D eigenvalue weighted by atomic mass is 10.00. The number of anilines is 3. The van der Waals surface area contributed by atoms with E-state index in [-0.39, 0.29) is 0 Å². The second-order valence-corrected chi connectivity index (χ2v) is 14.8. The van der Waals surface area contributed by atoms with Gasteiger partial charge in [-0.3, -0.25) is 0 Å². The molecule has 258 valence electrons. The molecule has 0 atom stereocenters. The van der Waals surface area contributed by atoms with Gasteiger partial charge < -0.3 is 9.32 Å². The molecule has 0 aliphatic carbocycles. The van der Waals surface area contributed by atoms with Gasteiger partial charge in [0.1, 0.15) is 11.2 Å². The monoisotopic (exact) mass is 721 g/mol. The minimum Gasteiger partial charge on any atom is -0.456 e. The average Bonchev–Trinajstić information content (AvgIpc) is 3.82. The van der Waals surface area contributed by atoms with Crippen molar-refractivity contribution in [2.24, 2.45) is 0 Å². The van der Waals surface area contributed by atoms with E-state index in [1.54, 1.807) is 11.3 Å². The highest BCUT2D eigenvalue weighted by Gasteiger charge is 2.21. The number of benzene rings is 8. The highest BCUT2D eigenvalue weighted by molar-refractivity contribution is 7.26. The van der Waals surface area contributed by atoms with E-state index in [4.69, 9.17) is 14.4 Å². The first-order valence-corrected chi connectivity index (χ1v) is 19.2. The summed E-state index contributed by atoms with van der Waals surface area (Å²) < 4.78 is 8.90. The maximum atomic E-state index is 6.61. The van der Waals surface area contributed by atoms with Crippen molar-refractivity contribution >= 4 is 81.4 Å². The van der Waals surface area contributed by atoms with Gasteiger partial charge in [0, 0.05) is 49.0 Å². The number of thiophene rings is 1. The summed E-state index contributed by atoms with van der Waals surface area (Å²) in [5.41, 5.74) is 11.1. The Kier molecular flexibility index (Phi) is 7.32. The zero-order chi connectivity index (χ0) is 36.3. The van der Waals surface area contributed by atoms with Crippen molar-refractivity contribution in [3.8, 4) is 33.8 Å². The van der Waals surface area contributed by atoms with Gasteiger partial charge in [0.15, 0.2) is 5.82 Å². The number of furan rings is 1. The Labute approximate surface area is 321 Å². The van der Waals surface area contributed by atoms with Gasteiger partial charge in [0.05, 0.1) is 15.9 Å². The van der Waals surface area contributed by atoms with Crippen LogP contribution in [0.15, 0.2) is 192 Å². The molecular weight excluding hydrogens is 691 g/mol.